The van der Waals surface area contributed by atoms with Crippen molar-refractivity contribution in [2.24, 2.45) is 0 Å². The Balaban J connectivity index is 2.26. The maximum absolute atomic E-state index is 11.8. The molecule has 0 amide bonds. The first-order valence-electron chi connectivity index (χ1n) is 6.35. The van der Waals surface area contributed by atoms with Crippen molar-refractivity contribution in [3.8, 4) is 5.75 Å². The molecule has 3 nitrogen and oxygen atoms in total. The summed E-state index contributed by atoms with van der Waals surface area (Å²) < 4.78 is 5.12. The third-order valence-corrected chi connectivity index (χ3v) is 3.87. The number of Topliss-reactive ketones (excluding diaryl/α,β-unsaturated/α-hetero) is 1. The summed E-state index contributed by atoms with van der Waals surface area (Å²) in [6.45, 7) is 1.88. The highest BCUT2D eigenvalue weighted by atomic mass is 79.9. The average Bonchev–Trinajstić information content (AvgIpc) is 2.47. The number of carbonyl (C=O) groups excluding carboxylic acids is 1. The van der Waals surface area contributed by atoms with Gasteiger partial charge in [-0.05, 0) is 48.9 Å². The molecule has 0 aromatic heterocycles. The molecule has 1 N–H and O–H groups in total. The second-order valence-electron chi connectivity index (χ2n) is 4.56. The van der Waals surface area contributed by atoms with E-state index in [1.165, 1.54) is 0 Å². The van der Waals surface area contributed by atoms with Crippen LogP contribution in [0.1, 0.15) is 15.9 Å². The summed E-state index contributed by atoms with van der Waals surface area (Å²) in [5.41, 5.74) is 3.18. The molecule has 0 bridgehead atoms. The van der Waals surface area contributed by atoms with Gasteiger partial charge in [-0.25, -0.2) is 0 Å². The molecule has 21 heavy (non-hydrogen) atoms. The number of benzene rings is 2. The van der Waals surface area contributed by atoms with E-state index in [1.807, 2.05) is 37.3 Å². The maximum Gasteiger partial charge on any atom is 0.175 e. The van der Waals surface area contributed by atoms with Gasteiger partial charge in [-0.2, -0.15) is 0 Å². The van der Waals surface area contributed by atoms with Gasteiger partial charge in [-0.1, -0.05) is 27.5 Å². The molecule has 0 aliphatic carbocycles. The van der Waals surface area contributed by atoms with Crippen molar-refractivity contribution in [3.63, 3.8) is 0 Å². The van der Waals surface area contributed by atoms with Gasteiger partial charge in [0.25, 0.3) is 0 Å². The smallest absolute Gasteiger partial charge is 0.175 e. The first-order valence-corrected chi connectivity index (χ1v) is 7.85. The Hall–Kier alpha value is -1.52. The summed E-state index contributed by atoms with van der Waals surface area (Å²) in [5, 5.41) is 3.97. The highest BCUT2D eigenvalue weighted by molar-refractivity contribution is 9.09. The second-order valence-corrected chi connectivity index (χ2v) is 5.53. The molecule has 0 atom stereocenters. The average molecular weight is 369 g/mol. The van der Waals surface area contributed by atoms with Crippen LogP contribution in [0.3, 0.4) is 0 Å². The first kappa shape index (κ1) is 15.9. The number of alkyl halides is 1. The van der Waals surface area contributed by atoms with Crippen LogP contribution < -0.4 is 10.1 Å². The summed E-state index contributed by atoms with van der Waals surface area (Å²) in [7, 11) is 1.63. The monoisotopic (exact) mass is 367 g/mol. The van der Waals surface area contributed by atoms with Crippen molar-refractivity contribution in [2.45, 2.75) is 6.92 Å². The summed E-state index contributed by atoms with van der Waals surface area (Å²) in [6, 6.07) is 11.2. The fourth-order valence-electron chi connectivity index (χ4n) is 2.08. The van der Waals surface area contributed by atoms with E-state index in [9.17, 15) is 4.79 Å². The summed E-state index contributed by atoms with van der Waals surface area (Å²) in [4.78, 5) is 11.8. The fraction of sp³-hybridized carbons (Fsp3) is 0.188. The van der Waals surface area contributed by atoms with Gasteiger partial charge in [-0.3, -0.25) is 4.79 Å². The van der Waals surface area contributed by atoms with E-state index in [1.54, 1.807) is 13.2 Å². The quantitative estimate of drug-likeness (QED) is 0.597. The van der Waals surface area contributed by atoms with E-state index < -0.39 is 0 Å². The first-order chi connectivity index (χ1) is 10.0. The third kappa shape index (κ3) is 3.77. The molecule has 0 heterocycles. The summed E-state index contributed by atoms with van der Waals surface area (Å²) in [5.74, 6) is 0.779. The van der Waals surface area contributed by atoms with Gasteiger partial charge >= 0.3 is 0 Å². The lowest BCUT2D eigenvalue weighted by Crippen LogP contribution is -2.04. The Kier molecular flexibility index (Phi) is 5.26. The van der Waals surface area contributed by atoms with Crippen LogP contribution in [0, 0.1) is 6.92 Å². The van der Waals surface area contributed by atoms with Crippen LogP contribution in [0.4, 0.5) is 11.4 Å². The minimum Gasteiger partial charge on any atom is -0.497 e. The van der Waals surface area contributed by atoms with E-state index in [4.69, 9.17) is 16.3 Å². The molecular formula is C16H15BrClNO2. The normalized spacial score (nSPS) is 10.3. The maximum atomic E-state index is 11.8. The zero-order valence-corrected chi connectivity index (χ0v) is 14.1. The molecule has 0 saturated heterocycles. The van der Waals surface area contributed by atoms with Gasteiger partial charge in [0.1, 0.15) is 5.75 Å². The van der Waals surface area contributed by atoms with Crippen molar-refractivity contribution in [1.29, 1.82) is 0 Å². The number of hydrogen-bond donors (Lipinski definition) is 1. The van der Waals surface area contributed by atoms with Crippen LogP contribution in [0.15, 0.2) is 36.4 Å². The second kappa shape index (κ2) is 6.96. The Bertz CT molecular complexity index is 633. The number of hydrogen-bond acceptors (Lipinski definition) is 3. The van der Waals surface area contributed by atoms with Crippen LogP contribution in [0.2, 0.25) is 5.02 Å². The van der Waals surface area contributed by atoms with Crippen LogP contribution in [-0.4, -0.2) is 18.2 Å². The lowest BCUT2D eigenvalue weighted by Gasteiger charge is -2.12. The van der Waals surface area contributed by atoms with Gasteiger partial charge in [-0.15, -0.1) is 0 Å². The van der Waals surface area contributed by atoms with Crippen LogP contribution in [0.5, 0.6) is 5.75 Å². The number of methoxy groups -OCH3 is 1. The predicted octanol–water partition coefficient (Wildman–Crippen LogP) is 4.98. The van der Waals surface area contributed by atoms with Crippen molar-refractivity contribution in [2.75, 3.05) is 17.8 Å². The summed E-state index contributed by atoms with van der Waals surface area (Å²) in [6.07, 6.45) is 0. The molecule has 0 spiro atoms. The van der Waals surface area contributed by atoms with Crippen LogP contribution in [0.25, 0.3) is 0 Å². The SMILES string of the molecule is COc1ccc(Nc2cc(C)c(C(=O)CBr)c(Cl)c2)cc1. The largest absolute Gasteiger partial charge is 0.497 e. The van der Waals surface area contributed by atoms with E-state index in [2.05, 4.69) is 21.2 Å². The highest BCUT2D eigenvalue weighted by Gasteiger charge is 2.13. The van der Waals surface area contributed by atoms with Gasteiger partial charge in [0.05, 0.1) is 17.5 Å². The number of halogens is 2. The molecule has 0 radical (unpaired) electrons. The molecular weight excluding hydrogens is 354 g/mol. The summed E-state index contributed by atoms with van der Waals surface area (Å²) >= 11 is 9.39. The Morgan fingerprint density at radius 1 is 1.24 bits per heavy atom. The van der Waals surface area contributed by atoms with Gasteiger partial charge in [0.2, 0.25) is 0 Å². The van der Waals surface area contributed by atoms with Gasteiger partial charge in [0.15, 0.2) is 5.78 Å². The minimum absolute atomic E-state index is 0.0199. The highest BCUT2D eigenvalue weighted by Crippen LogP contribution is 2.28. The number of ketones is 1. The number of rotatable bonds is 5. The number of aryl methyl sites for hydroxylation is 1. The Labute approximate surface area is 137 Å². The molecule has 0 saturated carbocycles. The molecule has 0 aliphatic rings. The molecule has 2 aromatic rings. The molecule has 0 unspecified atom stereocenters. The zero-order chi connectivity index (χ0) is 15.4. The topological polar surface area (TPSA) is 38.3 Å². The zero-order valence-electron chi connectivity index (χ0n) is 11.7. The fourth-order valence-corrected chi connectivity index (χ4v) is 2.73. The number of anilines is 2. The third-order valence-electron chi connectivity index (χ3n) is 3.07. The van der Waals surface area contributed by atoms with E-state index in [0.29, 0.717) is 10.6 Å². The standard InChI is InChI=1S/C16H15BrClNO2/c1-10-7-12(8-14(18)16(10)15(20)9-17)19-11-3-5-13(21-2)6-4-11/h3-8,19H,9H2,1-2H3. The van der Waals surface area contributed by atoms with Crippen LogP contribution in [-0.2, 0) is 0 Å². The molecule has 110 valence electrons. The van der Waals surface area contributed by atoms with E-state index in [-0.39, 0.29) is 11.1 Å². The lowest BCUT2D eigenvalue weighted by molar-refractivity contribution is 0.102. The molecule has 2 aromatic carbocycles. The van der Waals surface area contributed by atoms with Gasteiger partial charge < -0.3 is 10.1 Å². The molecule has 0 fully saturated rings. The van der Waals surface area contributed by atoms with Crippen molar-refractivity contribution in [3.05, 3.63) is 52.5 Å². The molecule has 0 aliphatic heterocycles. The lowest BCUT2D eigenvalue weighted by atomic mass is 10.0. The van der Waals surface area contributed by atoms with Crippen molar-refractivity contribution < 1.29 is 9.53 Å². The molecule has 5 heteroatoms. The number of ether oxygens (including phenoxy) is 1. The van der Waals surface area contributed by atoms with Crippen molar-refractivity contribution in [1.82, 2.24) is 0 Å². The van der Waals surface area contributed by atoms with E-state index >= 15 is 0 Å². The van der Waals surface area contributed by atoms with Crippen LogP contribution >= 0.6 is 27.5 Å². The number of nitrogens with one attached hydrogen (secondary N) is 1. The number of carbonyl (C=O) groups is 1. The predicted molar refractivity (Wildman–Crippen MR) is 90.6 cm³/mol. The van der Waals surface area contributed by atoms with Crippen molar-refractivity contribution >= 4 is 44.7 Å². The molecule has 2 rings (SSSR count). The van der Waals surface area contributed by atoms with E-state index in [0.717, 1.165) is 22.7 Å². The van der Waals surface area contributed by atoms with Gasteiger partial charge in [0, 0.05) is 16.9 Å². The Morgan fingerprint density at radius 2 is 1.90 bits per heavy atom. The minimum atomic E-state index is -0.0199. The Morgan fingerprint density at radius 3 is 2.43 bits per heavy atom.